The van der Waals surface area contributed by atoms with Gasteiger partial charge in [-0.25, -0.2) is 0 Å². The Hall–Kier alpha value is -1.85. The van der Waals surface area contributed by atoms with Crippen LogP contribution in [0.4, 0.5) is 5.82 Å². The number of amides is 2. The predicted octanol–water partition coefficient (Wildman–Crippen LogP) is 2.35. The maximum Gasteiger partial charge on any atom is 0.245 e. The van der Waals surface area contributed by atoms with Crippen LogP contribution >= 0.6 is 0 Å². The third kappa shape index (κ3) is 4.88. The molecule has 1 N–H and O–H groups in total. The number of hydrogen-bond acceptors (Lipinski definition) is 4. The van der Waals surface area contributed by atoms with Crippen LogP contribution in [0.5, 0.6) is 0 Å². The lowest BCUT2D eigenvalue weighted by Gasteiger charge is -2.26. The average molecular weight is 293 g/mol. The van der Waals surface area contributed by atoms with Gasteiger partial charge >= 0.3 is 0 Å². The zero-order valence-corrected chi connectivity index (χ0v) is 13.1. The maximum atomic E-state index is 12.3. The first-order valence-electron chi connectivity index (χ1n) is 7.27. The van der Waals surface area contributed by atoms with Crippen molar-refractivity contribution >= 4 is 17.6 Å². The lowest BCUT2D eigenvalue weighted by molar-refractivity contribution is -0.136. The number of nitrogens with one attached hydrogen (secondary N) is 1. The molecular weight excluding hydrogens is 270 g/mol. The van der Waals surface area contributed by atoms with Gasteiger partial charge in [-0.15, -0.1) is 0 Å². The molecule has 0 aromatic carbocycles. The fraction of sp³-hybridized carbons (Fsp3) is 0.667. The van der Waals surface area contributed by atoms with Crippen molar-refractivity contribution < 1.29 is 14.1 Å². The molecule has 0 saturated heterocycles. The van der Waals surface area contributed by atoms with E-state index in [-0.39, 0.29) is 29.8 Å². The van der Waals surface area contributed by atoms with E-state index in [2.05, 4.69) is 10.5 Å². The van der Waals surface area contributed by atoms with Crippen molar-refractivity contribution in [1.29, 1.82) is 0 Å². The highest BCUT2D eigenvalue weighted by atomic mass is 16.5. The van der Waals surface area contributed by atoms with E-state index in [1.807, 2.05) is 20.8 Å². The fourth-order valence-corrected chi connectivity index (χ4v) is 2.12. The van der Waals surface area contributed by atoms with Crippen LogP contribution in [-0.2, 0) is 9.59 Å². The Labute approximate surface area is 124 Å². The van der Waals surface area contributed by atoms with Crippen LogP contribution in [0.3, 0.4) is 0 Å². The summed E-state index contributed by atoms with van der Waals surface area (Å²) < 4.78 is 4.90. The molecule has 1 heterocycles. The molecule has 1 saturated carbocycles. The van der Waals surface area contributed by atoms with Crippen molar-refractivity contribution in [1.82, 2.24) is 10.1 Å². The minimum Gasteiger partial charge on any atom is -0.360 e. The molecule has 1 aromatic rings. The molecule has 0 spiro atoms. The second-order valence-electron chi connectivity index (χ2n) is 6.86. The molecule has 2 rings (SSSR count). The molecule has 0 bridgehead atoms. The third-order valence-corrected chi connectivity index (χ3v) is 3.20. The molecule has 1 aliphatic rings. The summed E-state index contributed by atoms with van der Waals surface area (Å²) in [5.74, 6) is 0.818. The first-order chi connectivity index (χ1) is 9.74. The average Bonchev–Trinajstić information content (AvgIpc) is 3.08. The summed E-state index contributed by atoms with van der Waals surface area (Å²) >= 11 is 0. The van der Waals surface area contributed by atoms with Gasteiger partial charge in [-0.2, -0.15) is 0 Å². The highest BCUT2D eigenvalue weighted by Gasteiger charge is 2.35. The Bertz CT molecular complexity index is 527. The van der Waals surface area contributed by atoms with E-state index in [1.54, 1.807) is 17.9 Å². The Morgan fingerprint density at radius 2 is 2.10 bits per heavy atom. The van der Waals surface area contributed by atoms with Crippen LogP contribution in [0.1, 0.15) is 45.8 Å². The summed E-state index contributed by atoms with van der Waals surface area (Å²) in [6.45, 7) is 7.90. The van der Waals surface area contributed by atoms with Gasteiger partial charge in [-0.3, -0.25) is 9.59 Å². The summed E-state index contributed by atoms with van der Waals surface area (Å²) in [6, 6.07) is 1.86. The summed E-state index contributed by atoms with van der Waals surface area (Å²) in [7, 11) is 0. The topological polar surface area (TPSA) is 75.4 Å². The monoisotopic (exact) mass is 293 g/mol. The van der Waals surface area contributed by atoms with Gasteiger partial charge in [0.15, 0.2) is 5.82 Å². The van der Waals surface area contributed by atoms with E-state index in [4.69, 9.17) is 4.52 Å². The predicted molar refractivity (Wildman–Crippen MR) is 78.7 cm³/mol. The number of rotatable bonds is 5. The van der Waals surface area contributed by atoms with E-state index < -0.39 is 0 Å². The molecule has 1 aromatic heterocycles. The second kappa shape index (κ2) is 5.87. The number of carbonyl (C=O) groups excluding carboxylic acids is 2. The fourth-order valence-electron chi connectivity index (χ4n) is 2.12. The van der Waals surface area contributed by atoms with Gasteiger partial charge in [0.2, 0.25) is 11.8 Å². The molecule has 2 amide bonds. The van der Waals surface area contributed by atoms with E-state index in [1.165, 1.54) is 0 Å². The minimum atomic E-state index is -0.238. The van der Waals surface area contributed by atoms with Crippen LogP contribution in [0.2, 0.25) is 0 Å². The largest absolute Gasteiger partial charge is 0.360 e. The zero-order chi connectivity index (χ0) is 15.6. The van der Waals surface area contributed by atoms with E-state index in [0.29, 0.717) is 18.0 Å². The summed E-state index contributed by atoms with van der Waals surface area (Å²) in [4.78, 5) is 26.1. The smallest absolute Gasteiger partial charge is 0.245 e. The number of nitrogens with zero attached hydrogens (tertiary/aromatic N) is 2. The van der Waals surface area contributed by atoms with Crippen molar-refractivity contribution in [2.45, 2.75) is 53.0 Å². The maximum absolute atomic E-state index is 12.3. The van der Waals surface area contributed by atoms with Gasteiger partial charge < -0.3 is 14.7 Å². The highest BCUT2D eigenvalue weighted by Crippen LogP contribution is 2.29. The summed E-state index contributed by atoms with van der Waals surface area (Å²) in [6.07, 6.45) is 2.40. The molecule has 0 unspecified atom stereocenters. The SMILES string of the molecule is Cc1cc(NC(=O)CN(C(=O)CC(C)(C)C)C2CC2)no1. The molecule has 21 heavy (non-hydrogen) atoms. The van der Waals surface area contributed by atoms with Crippen molar-refractivity contribution in [3.05, 3.63) is 11.8 Å². The molecule has 116 valence electrons. The van der Waals surface area contributed by atoms with Gasteiger partial charge in [0, 0.05) is 18.5 Å². The highest BCUT2D eigenvalue weighted by molar-refractivity contribution is 5.94. The van der Waals surface area contributed by atoms with Crippen LogP contribution in [0, 0.1) is 12.3 Å². The van der Waals surface area contributed by atoms with Gasteiger partial charge in [0.25, 0.3) is 0 Å². The molecule has 1 aliphatic carbocycles. The Morgan fingerprint density at radius 3 is 2.57 bits per heavy atom. The Morgan fingerprint density at radius 1 is 1.43 bits per heavy atom. The van der Waals surface area contributed by atoms with Crippen molar-refractivity contribution in [2.24, 2.45) is 5.41 Å². The summed E-state index contributed by atoms with van der Waals surface area (Å²) in [5, 5.41) is 6.37. The number of hydrogen-bond donors (Lipinski definition) is 1. The van der Waals surface area contributed by atoms with Gasteiger partial charge in [-0.1, -0.05) is 25.9 Å². The van der Waals surface area contributed by atoms with Crippen molar-refractivity contribution in [3.63, 3.8) is 0 Å². The van der Waals surface area contributed by atoms with Crippen LogP contribution in [0.25, 0.3) is 0 Å². The normalized spacial score (nSPS) is 14.9. The molecule has 0 aliphatic heterocycles. The second-order valence-corrected chi connectivity index (χ2v) is 6.86. The first kappa shape index (κ1) is 15.5. The summed E-state index contributed by atoms with van der Waals surface area (Å²) in [5.41, 5.74) is -0.0794. The molecule has 6 nitrogen and oxygen atoms in total. The molecule has 0 atom stereocenters. The molecule has 0 radical (unpaired) electrons. The number of aromatic nitrogens is 1. The number of aryl methyl sites for hydroxylation is 1. The van der Waals surface area contributed by atoms with E-state index in [9.17, 15) is 9.59 Å². The van der Waals surface area contributed by atoms with Crippen LogP contribution < -0.4 is 5.32 Å². The Balaban J connectivity index is 1.93. The third-order valence-electron chi connectivity index (χ3n) is 3.20. The lowest BCUT2D eigenvalue weighted by atomic mass is 9.91. The molecule has 1 fully saturated rings. The molecular formula is C15H23N3O3. The number of carbonyl (C=O) groups is 2. The number of anilines is 1. The first-order valence-corrected chi connectivity index (χ1v) is 7.27. The minimum absolute atomic E-state index is 0.0384. The van der Waals surface area contributed by atoms with Crippen LogP contribution in [-0.4, -0.2) is 34.5 Å². The van der Waals surface area contributed by atoms with E-state index >= 15 is 0 Å². The van der Waals surface area contributed by atoms with Gasteiger partial charge in [0.1, 0.15) is 12.3 Å². The quantitative estimate of drug-likeness (QED) is 0.904. The zero-order valence-electron chi connectivity index (χ0n) is 13.1. The van der Waals surface area contributed by atoms with E-state index in [0.717, 1.165) is 12.8 Å². The standard InChI is InChI=1S/C15H23N3O3/c1-10-7-12(17-21-10)16-13(19)9-18(11-5-6-11)14(20)8-15(2,3)4/h7,11H,5-6,8-9H2,1-4H3,(H,16,17,19). The van der Waals surface area contributed by atoms with Crippen LogP contribution in [0.15, 0.2) is 10.6 Å². The van der Waals surface area contributed by atoms with Gasteiger partial charge in [-0.05, 0) is 25.2 Å². The van der Waals surface area contributed by atoms with Crippen molar-refractivity contribution in [3.8, 4) is 0 Å². The Kier molecular flexibility index (Phi) is 4.34. The van der Waals surface area contributed by atoms with Gasteiger partial charge in [0.05, 0.1) is 0 Å². The van der Waals surface area contributed by atoms with Crippen molar-refractivity contribution in [2.75, 3.05) is 11.9 Å². The molecule has 6 heteroatoms. The lowest BCUT2D eigenvalue weighted by Crippen LogP contribution is -2.41.